The fraction of sp³-hybridized carbons (Fsp3) is 0.667. The smallest absolute Gasteiger partial charge is 0.303 e. The number of rotatable bonds is 7. The highest BCUT2D eigenvalue weighted by Gasteiger charge is 2.22. The molecule has 16 heavy (non-hydrogen) atoms. The maximum Gasteiger partial charge on any atom is 0.303 e. The Labute approximate surface area is 95.0 Å². The van der Waals surface area contributed by atoms with Crippen LogP contribution >= 0.6 is 0 Å². The van der Waals surface area contributed by atoms with Gasteiger partial charge in [0.1, 0.15) is 5.78 Å². The Kier molecular flexibility index (Phi) is 5.19. The predicted octanol–water partition coefficient (Wildman–Crippen LogP) is 1.53. The van der Waals surface area contributed by atoms with E-state index in [0.717, 1.165) is 0 Å². The number of ketones is 1. The molecule has 4 nitrogen and oxygen atoms in total. The minimum absolute atomic E-state index is 0.0352. The summed E-state index contributed by atoms with van der Waals surface area (Å²) in [6.45, 7) is 0. The van der Waals surface area contributed by atoms with Gasteiger partial charge in [0, 0.05) is 25.2 Å². The van der Waals surface area contributed by atoms with Crippen molar-refractivity contribution in [2.24, 2.45) is 5.92 Å². The molecule has 0 heterocycles. The van der Waals surface area contributed by atoms with Crippen LogP contribution in [0, 0.1) is 5.92 Å². The van der Waals surface area contributed by atoms with Crippen LogP contribution in [0.3, 0.4) is 0 Å². The molecule has 0 saturated carbocycles. The van der Waals surface area contributed by atoms with Crippen LogP contribution in [-0.4, -0.2) is 28.1 Å². The van der Waals surface area contributed by atoms with Gasteiger partial charge in [0.05, 0.1) is 6.10 Å². The van der Waals surface area contributed by atoms with Gasteiger partial charge in [-0.1, -0.05) is 12.2 Å². The van der Waals surface area contributed by atoms with Gasteiger partial charge in [0.15, 0.2) is 0 Å². The molecule has 1 aliphatic carbocycles. The Morgan fingerprint density at radius 2 is 1.94 bits per heavy atom. The summed E-state index contributed by atoms with van der Waals surface area (Å²) in [5.74, 6) is -0.741. The third-order valence-electron chi connectivity index (χ3n) is 2.81. The molecule has 4 heteroatoms. The molecule has 1 rings (SSSR count). The lowest BCUT2D eigenvalue weighted by Crippen LogP contribution is -2.17. The molecular formula is C12H18O4. The standard InChI is InChI=1S/C12H18O4/c13-10(5-1-2-7-12(15)16)8-9-4-3-6-11(9)14/h3-4,9,11,14H,1-2,5-8H2,(H,15,16). The molecule has 0 bridgehead atoms. The van der Waals surface area contributed by atoms with Crippen molar-refractivity contribution in [3.8, 4) is 0 Å². The summed E-state index contributed by atoms with van der Waals surface area (Å²) in [5, 5.41) is 17.9. The Bertz CT molecular complexity index is 283. The molecule has 0 amide bonds. The highest BCUT2D eigenvalue weighted by atomic mass is 16.4. The summed E-state index contributed by atoms with van der Waals surface area (Å²) < 4.78 is 0. The second-order valence-electron chi connectivity index (χ2n) is 4.24. The third kappa shape index (κ3) is 4.57. The number of carbonyl (C=O) groups excluding carboxylic acids is 1. The van der Waals surface area contributed by atoms with Crippen LogP contribution in [0.4, 0.5) is 0 Å². The van der Waals surface area contributed by atoms with E-state index in [4.69, 9.17) is 5.11 Å². The van der Waals surface area contributed by atoms with Crippen molar-refractivity contribution in [3.63, 3.8) is 0 Å². The molecule has 0 saturated heterocycles. The number of carbonyl (C=O) groups is 2. The summed E-state index contributed by atoms with van der Waals surface area (Å²) in [5.41, 5.74) is 0. The van der Waals surface area contributed by atoms with Crippen molar-refractivity contribution in [1.29, 1.82) is 0 Å². The predicted molar refractivity (Wildman–Crippen MR) is 59.0 cm³/mol. The average molecular weight is 226 g/mol. The molecule has 0 aromatic carbocycles. The fourth-order valence-electron chi connectivity index (χ4n) is 1.86. The van der Waals surface area contributed by atoms with Crippen molar-refractivity contribution in [3.05, 3.63) is 12.2 Å². The van der Waals surface area contributed by atoms with E-state index < -0.39 is 12.1 Å². The number of unbranched alkanes of at least 4 members (excludes halogenated alkanes) is 1. The van der Waals surface area contributed by atoms with Crippen LogP contribution in [0.15, 0.2) is 12.2 Å². The van der Waals surface area contributed by atoms with Gasteiger partial charge >= 0.3 is 5.97 Å². The van der Waals surface area contributed by atoms with Gasteiger partial charge in [-0.15, -0.1) is 0 Å². The highest BCUT2D eigenvalue weighted by molar-refractivity contribution is 5.79. The van der Waals surface area contributed by atoms with E-state index >= 15 is 0 Å². The van der Waals surface area contributed by atoms with Gasteiger partial charge in [-0.05, 0) is 19.3 Å². The van der Waals surface area contributed by atoms with Crippen LogP contribution in [0.5, 0.6) is 0 Å². The van der Waals surface area contributed by atoms with Gasteiger partial charge < -0.3 is 10.2 Å². The normalized spacial score (nSPS) is 23.6. The average Bonchev–Trinajstić information content (AvgIpc) is 2.59. The number of Topliss-reactive ketones (excluding diaryl/α,β-unsaturated/α-hetero) is 1. The Hall–Kier alpha value is -1.16. The first-order chi connectivity index (χ1) is 7.59. The lowest BCUT2D eigenvalue weighted by molar-refractivity contribution is -0.137. The van der Waals surface area contributed by atoms with Gasteiger partial charge in [0.25, 0.3) is 0 Å². The van der Waals surface area contributed by atoms with Crippen molar-refractivity contribution in [2.45, 2.75) is 44.6 Å². The highest BCUT2D eigenvalue weighted by Crippen LogP contribution is 2.22. The zero-order valence-corrected chi connectivity index (χ0v) is 9.26. The maximum absolute atomic E-state index is 11.5. The molecule has 1 aliphatic rings. The van der Waals surface area contributed by atoms with Gasteiger partial charge in [0.2, 0.25) is 0 Å². The lowest BCUT2D eigenvalue weighted by atomic mass is 9.97. The molecular weight excluding hydrogens is 208 g/mol. The summed E-state index contributed by atoms with van der Waals surface area (Å²) in [4.78, 5) is 21.7. The Morgan fingerprint density at radius 3 is 2.50 bits per heavy atom. The number of aliphatic hydroxyl groups excluding tert-OH is 1. The van der Waals surface area contributed by atoms with Crippen LogP contribution in [-0.2, 0) is 9.59 Å². The first kappa shape index (κ1) is 12.9. The Morgan fingerprint density at radius 1 is 1.25 bits per heavy atom. The van der Waals surface area contributed by atoms with Gasteiger partial charge in [-0.3, -0.25) is 9.59 Å². The summed E-state index contributed by atoms with van der Waals surface area (Å²) in [7, 11) is 0. The number of carboxylic acid groups (broad SMARTS) is 1. The molecule has 0 aromatic rings. The molecule has 2 N–H and O–H groups in total. The molecule has 2 unspecified atom stereocenters. The van der Waals surface area contributed by atoms with Crippen molar-refractivity contribution in [2.75, 3.05) is 0 Å². The van der Waals surface area contributed by atoms with E-state index in [9.17, 15) is 14.7 Å². The molecule has 0 fully saturated rings. The zero-order valence-electron chi connectivity index (χ0n) is 9.26. The molecule has 0 aliphatic heterocycles. The fourth-order valence-corrected chi connectivity index (χ4v) is 1.86. The number of carboxylic acids is 1. The van der Waals surface area contributed by atoms with Crippen molar-refractivity contribution < 1.29 is 19.8 Å². The SMILES string of the molecule is O=C(O)CCCCC(=O)CC1C=CCC1O. The van der Waals surface area contributed by atoms with Crippen LogP contribution < -0.4 is 0 Å². The van der Waals surface area contributed by atoms with E-state index in [1.807, 2.05) is 12.2 Å². The van der Waals surface area contributed by atoms with Crippen LogP contribution in [0.2, 0.25) is 0 Å². The molecule has 0 aromatic heterocycles. The molecule has 0 radical (unpaired) electrons. The van der Waals surface area contributed by atoms with E-state index in [0.29, 0.717) is 32.1 Å². The summed E-state index contributed by atoms with van der Waals surface area (Å²) in [6, 6.07) is 0. The van der Waals surface area contributed by atoms with Gasteiger partial charge in [-0.25, -0.2) is 0 Å². The largest absolute Gasteiger partial charge is 0.481 e. The van der Waals surface area contributed by atoms with E-state index in [1.165, 1.54) is 0 Å². The quantitative estimate of drug-likeness (QED) is 0.510. The minimum Gasteiger partial charge on any atom is -0.481 e. The Balaban J connectivity index is 2.11. The summed E-state index contributed by atoms with van der Waals surface area (Å²) in [6.07, 6.45) is 6.10. The first-order valence-electron chi connectivity index (χ1n) is 5.68. The van der Waals surface area contributed by atoms with Crippen LogP contribution in [0.25, 0.3) is 0 Å². The summed E-state index contributed by atoms with van der Waals surface area (Å²) >= 11 is 0. The number of aliphatic carboxylic acids is 1. The minimum atomic E-state index is -0.818. The molecule has 0 spiro atoms. The maximum atomic E-state index is 11.5. The lowest BCUT2D eigenvalue weighted by Gasteiger charge is -2.12. The van der Waals surface area contributed by atoms with E-state index in [1.54, 1.807) is 0 Å². The van der Waals surface area contributed by atoms with Crippen molar-refractivity contribution in [1.82, 2.24) is 0 Å². The van der Waals surface area contributed by atoms with E-state index in [-0.39, 0.29) is 18.1 Å². The van der Waals surface area contributed by atoms with Gasteiger partial charge in [-0.2, -0.15) is 0 Å². The van der Waals surface area contributed by atoms with Crippen LogP contribution in [0.1, 0.15) is 38.5 Å². The van der Waals surface area contributed by atoms with E-state index in [2.05, 4.69) is 0 Å². The third-order valence-corrected chi connectivity index (χ3v) is 2.81. The topological polar surface area (TPSA) is 74.6 Å². The number of hydrogen-bond acceptors (Lipinski definition) is 3. The molecule has 2 atom stereocenters. The second-order valence-corrected chi connectivity index (χ2v) is 4.24. The number of aliphatic hydroxyl groups is 1. The first-order valence-corrected chi connectivity index (χ1v) is 5.68. The number of hydrogen-bond donors (Lipinski definition) is 2. The molecule has 90 valence electrons. The monoisotopic (exact) mass is 226 g/mol. The van der Waals surface area contributed by atoms with Crippen molar-refractivity contribution >= 4 is 11.8 Å². The second kappa shape index (κ2) is 6.43. The zero-order chi connectivity index (χ0) is 12.0.